The topological polar surface area (TPSA) is 68.3 Å². The summed E-state index contributed by atoms with van der Waals surface area (Å²) in [5.74, 6) is -0.438. The van der Waals surface area contributed by atoms with Gasteiger partial charge in [0.1, 0.15) is 0 Å². The molecule has 0 aromatic carbocycles. The molecule has 0 aromatic rings. The van der Waals surface area contributed by atoms with Crippen molar-refractivity contribution in [2.75, 3.05) is 11.5 Å². The van der Waals surface area contributed by atoms with Gasteiger partial charge in [-0.05, 0) is 12.8 Å². The smallest absolute Gasteiger partial charge is 0.213 e. The van der Waals surface area contributed by atoms with Gasteiger partial charge in [0.15, 0.2) is 0 Å². The Kier molecular flexibility index (Phi) is 8.86. The summed E-state index contributed by atoms with van der Waals surface area (Å²) in [7, 11) is -7.91. The normalized spacial score (nSPS) is 12.8. The molecular formula is C12H26O4S2. The maximum absolute atomic E-state index is 11.7. The van der Waals surface area contributed by atoms with Gasteiger partial charge in [0.05, 0.1) is 11.5 Å². The molecule has 6 heteroatoms. The van der Waals surface area contributed by atoms with E-state index in [9.17, 15) is 16.8 Å². The van der Waals surface area contributed by atoms with Crippen LogP contribution in [0.15, 0.2) is 0 Å². The highest BCUT2D eigenvalue weighted by atomic mass is 33.2. The van der Waals surface area contributed by atoms with Crippen LogP contribution in [0.4, 0.5) is 0 Å². The highest BCUT2D eigenvalue weighted by Crippen LogP contribution is 2.12. The molecule has 110 valence electrons. The van der Waals surface area contributed by atoms with E-state index in [2.05, 4.69) is 0 Å². The summed E-state index contributed by atoms with van der Waals surface area (Å²) in [5.41, 5.74) is 0. The van der Waals surface area contributed by atoms with E-state index in [1.807, 2.05) is 13.8 Å². The predicted molar refractivity (Wildman–Crippen MR) is 75.9 cm³/mol. The molecule has 0 fully saturated rings. The molecule has 0 aromatic heterocycles. The lowest BCUT2D eigenvalue weighted by Gasteiger charge is -2.06. The minimum absolute atomic E-state index is 0.219. The van der Waals surface area contributed by atoms with Crippen LogP contribution in [0.3, 0.4) is 0 Å². The van der Waals surface area contributed by atoms with E-state index in [1.165, 1.54) is 0 Å². The molecular weight excluding hydrogens is 272 g/mol. The van der Waals surface area contributed by atoms with Crippen LogP contribution in [0, 0.1) is 0 Å². The number of unbranched alkanes of at least 4 members (excludes halogenated alkanes) is 6. The van der Waals surface area contributed by atoms with Gasteiger partial charge in [0, 0.05) is 0 Å². The lowest BCUT2D eigenvalue weighted by Crippen LogP contribution is -2.22. The summed E-state index contributed by atoms with van der Waals surface area (Å²) in [5, 5.41) is 0. The van der Waals surface area contributed by atoms with Crippen molar-refractivity contribution in [2.45, 2.75) is 65.2 Å². The summed E-state index contributed by atoms with van der Waals surface area (Å²) < 4.78 is 46.8. The molecule has 0 aliphatic heterocycles. The highest BCUT2D eigenvalue weighted by molar-refractivity contribution is 8.67. The van der Waals surface area contributed by atoms with E-state index in [0.717, 1.165) is 38.5 Å². The lowest BCUT2D eigenvalue weighted by molar-refractivity contribution is 0.575. The van der Waals surface area contributed by atoms with Crippen molar-refractivity contribution in [1.29, 1.82) is 0 Å². The van der Waals surface area contributed by atoms with Crippen molar-refractivity contribution in [3.8, 4) is 0 Å². The Morgan fingerprint density at radius 3 is 1.17 bits per heavy atom. The van der Waals surface area contributed by atoms with E-state index < -0.39 is 17.7 Å². The Morgan fingerprint density at radius 1 is 0.556 bits per heavy atom. The standard InChI is InChI=1S/C12H26O4S2/c1-3-5-7-9-11-17(13,14)18(15,16)12-10-8-6-4-2/h3-12H2,1-2H3. The Hall–Kier alpha value is -0.100. The van der Waals surface area contributed by atoms with Crippen molar-refractivity contribution in [3.05, 3.63) is 0 Å². The number of rotatable bonds is 11. The summed E-state index contributed by atoms with van der Waals surface area (Å²) in [6, 6.07) is 0. The molecule has 0 saturated heterocycles. The first-order chi connectivity index (χ1) is 8.37. The minimum Gasteiger partial charge on any atom is -0.213 e. The van der Waals surface area contributed by atoms with Gasteiger partial charge >= 0.3 is 0 Å². The van der Waals surface area contributed by atoms with Crippen molar-refractivity contribution < 1.29 is 16.8 Å². The van der Waals surface area contributed by atoms with Crippen molar-refractivity contribution in [1.82, 2.24) is 0 Å². The molecule has 0 radical (unpaired) electrons. The molecule has 0 rings (SSSR count). The Labute approximate surface area is 111 Å². The molecule has 0 unspecified atom stereocenters. The monoisotopic (exact) mass is 298 g/mol. The van der Waals surface area contributed by atoms with Crippen LogP contribution in [-0.2, 0) is 17.7 Å². The molecule has 0 atom stereocenters. The zero-order chi connectivity index (χ0) is 14.1. The average molecular weight is 298 g/mol. The third kappa shape index (κ3) is 6.73. The summed E-state index contributed by atoms with van der Waals surface area (Å²) >= 11 is 0. The van der Waals surface area contributed by atoms with Crippen molar-refractivity contribution in [2.24, 2.45) is 0 Å². The van der Waals surface area contributed by atoms with Crippen LogP contribution in [0.2, 0.25) is 0 Å². The quantitative estimate of drug-likeness (QED) is 0.434. The van der Waals surface area contributed by atoms with Gasteiger partial charge in [-0.1, -0.05) is 52.4 Å². The van der Waals surface area contributed by atoms with Crippen LogP contribution >= 0.6 is 0 Å². The second kappa shape index (κ2) is 8.91. The SMILES string of the molecule is CCCCCCS(=O)(=O)S(=O)(=O)CCCCCC. The largest absolute Gasteiger partial charge is 0.253 e. The van der Waals surface area contributed by atoms with Crippen LogP contribution < -0.4 is 0 Å². The number of hydrogen-bond acceptors (Lipinski definition) is 4. The fourth-order valence-corrected chi connectivity index (χ4v) is 5.52. The van der Waals surface area contributed by atoms with Crippen LogP contribution in [0.5, 0.6) is 0 Å². The van der Waals surface area contributed by atoms with Gasteiger partial charge in [0.2, 0.25) is 0 Å². The van der Waals surface area contributed by atoms with E-state index in [1.54, 1.807) is 0 Å². The van der Waals surface area contributed by atoms with Crippen LogP contribution in [-0.4, -0.2) is 28.3 Å². The summed E-state index contributed by atoms with van der Waals surface area (Å²) in [6.45, 7) is 4.05. The van der Waals surface area contributed by atoms with Crippen molar-refractivity contribution in [3.63, 3.8) is 0 Å². The lowest BCUT2D eigenvalue weighted by atomic mass is 10.2. The number of hydrogen-bond donors (Lipinski definition) is 0. The highest BCUT2D eigenvalue weighted by Gasteiger charge is 2.28. The first-order valence-corrected chi connectivity index (χ1v) is 10.6. The fraction of sp³-hybridized carbons (Fsp3) is 1.00. The molecule has 4 nitrogen and oxygen atoms in total. The van der Waals surface area contributed by atoms with Crippen LogP contribution in [0.25, 0.3) is 0 Å². The molecule has 0 N–H and O–H groups in total. The molecule has 0 aliphatic carbocycles. The fourth-order valence-electron chi connectivity index (χ4n) is 1.67. The van der Waals surface area contributed by atoms with Gasteiger partial charge in [-0.15, -0.1) is 0 Å². The second-order valence-electron chi connectivity index (χ2n) is 4.64. The molecule has 0 heterocycles. The van der Waals surface area contributed by atoms with Crippen molar-refractivity contribution >= 4 is 17.7 Å². The van der Waals surface area contributed by atoms with Gasteiger partial charge in [-0.2, -0.15) is 0 Å². The van der Waals surface area contributed by atoms with Gasteiger partial charge in [-0.25, -0.2) is 16.8 Å². The van der Waals surface area contributed by atoms with Gasteiger partial charge in [-0.3, -0.25) is 0 Å². The van der Waals surface area contributed by atoms with E-state index in [-0.39, 0.29) is 11.5 Å². The maximum Gasteiger partial charge on any atom is 0.253 e. The minimum atomic E-state index is -3.96. The van der Waals surface area contributed by atoms with E-state index >= 15 is 0 Å². The Bertz CT molecular complexity index is 356. The zero-order valence-electron chi connectivity index (χ0n) is 11.5. The first-order valence-electron chi connectivity index (χ1n) is 6.82. The average Bonchev–Trinajstić information content (AvgIpc) is 2.30. The summed E-state index contributed by atoms with van der Waals surface area (Å²) in [4.78, 5) is 0. The van der Waals surface area contributed by atoms with Crippen LogP contribution in [0.1, 0.15) is 65.2 Å². The third-order valence-electron chi connectivity index (χ3n) is 2.88. The molecule has 0 bridgehead atoms. The third-order valence-corrected chi connectivity index (χ3v) is 8.56. The molecule has 0 saturated carbocycles. The second-order valence-corrected chi connectivity index (χ2v) is 10.7. The molecule has 18 heavy (non-hydrogen) atoms. The molecule has 0 amide bonds. The predicted octanol–water partition coefficient (Wildman–Crippen LogP) is 2.89. The zero-order valence-corrected chi connectivity index (χ0v) is 13.2. The van der Waals surface area contributed by atoms with E-state index in [0.29, 0.717) is 12.8 Å². The molecule has 0 spiro atoms. The maximum atomic E-state index is 11.7. The first kappa shape index (κ1) is 17.9. The molecule has 0 aliphatic rings. The summed E-state index contributed by atoms with van der Waals surface area (Å²) in [6.07, 6.45) is 6.36. The van der Waals surface area contributed by atoms with E-state index in [4.69, 9.17) is 0 Å². The Morgan fingerprint density at radius 2 is 0.889 bits per heavy atom. The Balaban J connectivity index is 4.21. The van der Waals surface area contributed by atoms with Gasteiger partial charge < -0.3 is 0 Å². The van der Waals surface area contributed by atoms with Gasteiger partial charge in [0.25, 0.3) is 17.7 Å².